The number of nitrogens with one attached hydrogen (secondary N) is 2. The molecule has 6 fully saturated rings. The first kappa shape index (κ1) is 49.4. The molecular formula is C54H71ClN4O10. The van der Waals surface area contributed by atoms with Gasteiger partial charge in [0.25, 0.3) is 11.8 Å². The number of carbonyl (C=O) groups excluding carboxylic acids is 5. The number of carboxylic acids is 1. The molecule has 0 unspecified atom stereocenters. The number of carboxylic acid groups (broad SMARTS) is 1. The summed E-state index contributed by atoms with van der Waals surface area (Å²) in [7, 11) is 0. The van der Waals surface area contributed by atoms with Gasteiger partial charge in [0, 0.05) is 22.4 Å². The van der Waals surface area contributed by atoms with Crippen molar-refractivity contribution in [2.45, 2.75) is 151 Å². The fraction of sp³-hybridized carbons (Fsp3) is 0.685. The number of ether oxygens (including phenoxy) is 3. The lowest BCUT2D eigenvalue weighted by molar-refractivity contribution is -0.235. The van der Waals surface area contributed by atoms with E-state index >= 15 is 0 Å². The third kappa shape index (κ3) is 7.36. The molecule has 0 radical (unpaired) electrons. The maximum atomic E-state index is 15.0. The van der Waals surface area contributed by atoms with Gasteiger partial charge in [-0.3, -0.25) is 24.0 Å². The standard InChI is InChI=1S/C54H71ClN4O10/c1-11-68-47(66)59-36(25-35(58-59)30-12-14-31(55)15-13-30)43(61)56-54(27-67-28-54)46(65)57-53-23-22-51(9)32(42(53)41(29(2)3)37(60)26-53)16-17-39-50(8)20-19-40(49(6,7)38(50)18-21-52(39,51)10)69-45(64)34-24-33(44(62)63)48(34,4)5/h12-15,25,29,32-34,38-40H,11,16-24,26-28H2,1-10H3,(H,56,61)(H,57,65)(H,62,63)/t32-,33+,34-,38+,39-,40+,50+,51-,52-,53-/m1/s1. The van der Waals surface area contributed by atoms with Gasteiger partial charge in [-0.1, -0.05) is 86.0 Å². The summed E-state index contributed by atoms with van der Waals surface area (Å²) in [6.07, 6.45) is 6.18. The summed E-state index contributed by atoms with van der Waals surface area (Å²) in [6, 6.07) is 8.31. The summed E-state index contributed by atoms with van der Waals surface area (Å²) in [4.78, 5) is 82.4. The van der Waals surface area contributed by atoms with Crippen molar-refractivity contribution in [1.82, 2.24) is 20.4 Å². The minimum Gasteiger partial charge on any atom is -0.481 e. The Morgan fingerprint density at radius 2 is 1.57 bits per heavy atom. The Morgan fingerprint density at radius 3 is 2.17 bits per heavy atom. The second kappa shape index (κ2) is 16.8. The number of benzene rings is 1. The summed E-state index contributed by atoms with van der Waals surface area (Å²) < 4.78 is 18.2. The van der Waals surface area contributed by atoms with Crippen LogP contribution in [0.4, 0.5) is 4.79 Å². The van der Waals surface area contributed by atoms with Crippen LogP contribution >= 0.6 is 11.6 Å². The van der Waals surface area contributed by atoms with Crippen LogP contribution < -0.4 is 10.6 Å². The van der Waals surface area contributed by atoms with Gasteiger partial charge >= 0.3 is 18.0 Å². The molecule has 14 nitrogen and oxygen atoms in total. The molecule has 3 N–H and O–H groups in total. The van der Waals surface area contributed by atoms with Crippen LogP contribution in [0.2, 0.25) is 5.02 Å². The Labute approximate surface area is 410 Å². The molecule has 0 bridgehead atoms. The van der Waals surface area contributed by atoms with Gasteiger partial charge in [-0.05, 0) is 139 Å². The molecule has 374 valence electrons. The number of Topliss-reactive ketones (excluding diaryl/α,β-unsaturated/α-hetero) is 1. The third-order valence-corrected chi connectivity index (χ3v) is 20.1. The number of esters is 1. The van der Waals surface area contributed by atoms with Crippen LogP contribution in [0.25, 0.3) is 11.3 Å². The Kier molecular flexibility index (Phi) is 12.0. The smallest absolute Gasteiger partial charge is 0.435 e. The molecule has 10 atom stereocenters. The van der Waals surface area contributed by atoms with Gasteiger partial charge < -0.3 is 30.0 Å². The van der Waals surface area contributed by atoms with Crippen molar-refractivity contribution in [3.8, 4) is 11.3 Å². The van der Waals surface area contributed by atoms with Crippen LogP contribution in [0.15, 0.2) is 41.5 Å². The summed E-state index contributed by atoms with van der Waals surface area (Å²) in [5.74, 6) is -2.55. The molecule has 69 heavy (non-hydrogen) atoms. The second-order valence-corrected chi connectivity index (χ2v) is 24.5. The van der Waals surface area contributed by atoms with Gasteiger partial charge in [-0.25, -0.2) is 4.79 Å². The van der Waals surface area contributed by atoms with Gasteiger partial charge in [0.05, 0.1) is 42.9 Å². The van der Waals surface area contributed by atoms with Crippen molar-refractivity contribution in [3.05, 3.63) is 52.2 Å². The van der Waals surface area contributed by atoms with E-state index in [1.807, 2.05) is 13.8 Å². The third-order valence-electron chi connectivity index (χ3n) is 19.8. The zero-order chi connectivity index (χ0) is 50.0. The van der Waals surface area contributed by atoms with Crippen molar-refractivity contribution >= 4 is 47.2 Å². The first-order valence-electron chi connectivity index (χ1n) is 25.3. The predicted octanol–water partition coefficient (Wildman–Crippen LogP) is 9.21. The normalized spacial score (nSPS) is 35.8. The lowest BCUT2D eigenvalue weighted by Gasteiger charge is -2.72. The summed E-state index contributed by atoms with van der Waals surface area (Å²) in [5.41, 5.74) is -0.955. The molecule has 2 aromatic rings. The van der Waals surface area contributed by atoms with Crippen molar-refractivity contribution in [1.29, 1.82) is 0 Å². The second-order valence-electron chi connectivity index (χ2n) is 24.1. The van der Waals surface area contributed by atoms with Gasteiger partial charge in [0.1, 0.15) is 11.8 Å². The van der Waals surface area contributed by atoms with Crippen LogP contribution in [0.3, 0.4) is 0 Å². The van der Waals surface area contributed by atoms with Crippen LogP contribution in [0.1, 0.15) is 144 Å². The van der Waals surface area contributed by atoms with E-state index in [9.17, 15) is 33.9 Å². The highest BCUT2D eigenvalue weighted by Crippen LogP contribution is 2.76. The Bertz CT molecular complexity index is 2520. The monoisotopic (exact) mass is 970 g/mol. The fourth-order valence-electron chi connectivity index (χ4n) is 15.7. The van der Waals surface area contributed by atoms with Gasteiger partial charge in [0.15, 0.2) is 11.3 Å². The van der Waals surface area contributed by atoms with Gasteiger partial charge in [-0.15, -0.1) is 0 Å². The molecule has 1 aromatic heterocycles. The quantitative estimate of drug-likeness (QED) is 0.192. The summed E-state index contributed by atoms with van der Waals surface area (Å²) in [5, 5.41) is 21.0. The van der Waals surface area contributed by atoms with E-state index in [1.165, 1.54) is 6.07 Å². The molecule has 2 heterocycles. The van der Waals surface area contributed by atoms with Crippen LogP contribution in [0.5, 0.6) is 0 Å². The lowest BCUT2D eigenvalue weighted by Crippen LogP contribution is -2.73. The van der Waals surface area contributed by atoms with E-state index in [4.69, 9.17) is 25.8 Å². The van der Waals surface area contributed by atoms with E-state index < -0.39 is 52.2 Å². The van der Waals surface area contributed by atoms with E-state index in [1.54, 1.807) is 31.2 Å². The molecular weight excluding hydrogens is 900 g/mol. The number of hydrogen-bond acceptors (Lipinski definition) is 10. The fourth-order valence-corrected chi connectivity index (χ4v) is 15.8. The predicted molar refractivity (Wildman–Crippen MR) is 257 cm³/mol. The number of nitrogens with zero attached hydrogens (tertiary/aromatic N) is 2. The van der Waals surface area contributed by atoms with Gasteiger partial charge in [0.2, 0.25) is 0 Å². The molecule has 9 rings (SSSR count). The topological polar surface area (TPSA) is 192 Å². The number of amides is 2. The molecule has 1 saturated heterocycles. The maximum absolute atomic E-state index is 15.0. The summed E-state index contributed by atoms with van der Waals surface area (Å²) >= 11 is 6.13. The largest absolute Gasteiger partial charge is 0.481 e. The van der Waals surface area contributed by atoms with E-state index in [2.05, 4.69) is 64.2 Å². The van der Waals surface area contributed by atoms with Crippen molar-refractivity contribution < 1.29 is 48.1 Å². The Hall–Kier alpha value is -4.56. The SMILES string of the molecule is CCOC(=O)n1nc(-c2ccc(Cl)cc2)cc1C(=O)NC1(C(=O)N[C@@]23CC[C@]4(C)[C@H](CC[C@@H]5[C@@]6(C)CC[C@H](OC(=O)[C@H]7C[C@@H](C(=O)O)C7(C)C)C(C)(C)[C@@H]6CC[C@]54C)C2=C(C(C)C)C(=O)C3)COC1. The first-order chi connectivity index (χ1) is 32.3. The van der Waals surface area contributed by atoms with Crippen molar-refractivity contribution in [2.75, 3.05) is 19.8 Å². The molecule has 15 heteroatoms. The Morgan fingerprint density at radius 1 is 0.870 bits per heavy atom. The molecule has 2 amide bonds. The number of aromatic nitrogens is 2. The zero-order valence-electron chi connectivity index (χ0n) is 42.0. The zero-order valence-corrected chi connectivity index (χ0v) is 42.8. The highest BCUT2D eigenvalue weighted by molar-refractivity contribution is 6.30. The molecule has 1 aromatic carbocycles. The van der Waals surface area contributed by atoms with Gasteiger partial charge in [-0.2, -0.15) is 9.78 Å². The maximum Gasteiger partial charge on any atom is 0.435 e. The molecule has 1 aliphatic heterocycles. The molecule has 0 spiro atoms. The first-order valence-corrected chi connectivity index (χ1v) is 25.6. The molecule has 5 saturated carbocycles. The highest BCUT2D eigenvalue weighted by atomic mass is 35.5. The number of fused-ring (bicyclic) bond motifs is 7. The van der Waals surface area contributed by atoms with E-state index in [0.29, 0.717) is 41.0 Å². The average Bonchev–Trinajstić information content (AvgIpc) is 3.83. The van der Waals surface area contributed by atoms with Crippen LogP contribution in [-0.4, -0.2) is 87.5 Å². The van der Waals surface area contributed by atoms with E-state index in [-0.39, 0.29) is 83.3 Å². The lowest BCUT2D eigenvalue weighted by atomic mass is 9.33. The minimum atomic E-state index is -1.48. The number of carbonyl (C=O) groups is 6. The van der Waals surface area contributed by atoms with Crippen molar-refractivity contribution in [2.24, 2.45) is 62.6 Å². The number of hydrogen-bond donors (Lipinski definition) is 3. The molecule has 7 aliphatic rings. The van der Waals surface area contributed by atoms with Crippen LogP contribution in [-0.2, 0) is 33.4 Å². The van der Waals surface area contributed by atoms with E-state index in [0.717, 1.165) is 60.8 Å². The van der Waals surface area contributed by atoms with Crippen LogP contribution in [0, 0.1) is 62.6 Å². The number of ketones is 1. The number of halogens is 1. The number of rotatable bonds is 10. The Balaban J connectivity index is 0.966. The number of allylic oxidation sites excluding steroid dienone is 1. The summed E-state index contributed by atoms with van der Waals surface area (Å²) in [6.45, 7) is 21.4. The highest BCUT2D eigenvalue weighted by Gasteiger charge is 2.71. The minimum absolute atomic E-state index is 0.0336. The average molecular weight is 972 g/mol. The molecule has 6 aliphatic carbocycles. The van der Waals surface area contributed by atoms with Crippen molar-refractivity contribution in [3.63, 3.8) is 0 Å². The number of aliphatic carboxylic acids is 1.